The molecular formula is C19H31NO. The second-order valence-electron chi connectivity index (χ2n) is 7.00. The second kappa shape index (κ2) is 6.93. The zero-order valence-corrected chi connectivity index (χ0v) is 14.1. The summed E-state index contributed by atoms with van der Waals surface area (Å²) in [6.07, 6.45) is 4.68. The number of benzene rings is 1. The molecule has 21 heavy (non-hydrogen) atoms. The molecule has 2 rings (SSSR count). The van der Waals surface area contributed by atoms with Crippen molar-refractivity contribution in [2.24, 2.45) is 11.7 Å². The van der Waals surface area contributed by atoms with Crippen molar-refractivity contribution in [2.45, 2.75) is 70.9 Å². The maximum absolute atomic E-state index is 6.65. The maximum atomic E-state index is 6.65. The van der Waals surface area contributed by atoms with E-state index in [0.717, 1.165) is 19.4 Å². The smallest absolute Gasteiger partial charge is 0.0876 e. The third-order valence-corrected chi connectivity index (χ3v) is 4.95. The van der Waals surface area contributed by atoms with E-state index in [2.05, 4.69) is 52.0 Å². The zero-order chi connectivity index (χ0) is 15.5. The third kappa shape index (κ3) is 3.67. The Morgan fingerprint density at radius 1 is 1.24 bits per heavy atom. The summed E-state index contributed by atoms with van der Waals surface area (Å²) < 4.78 is 6.21. The van der Waals surface area contributed by atoms with Crippen molar-refractivity contribution < 1.29 is 4.74 Å². The lowest BCUT2D eigenvalue weighted by Gasteiger charge is -2.44. The zero-order valence-electron chi connectivity index (χ0n) is 14.1. The highest BCUT2D eigenvalue weighted by atomic mass is 16.5. The van der Waals surface area contributed by atoms with E-state index in [4.69, 9.17) is 10.5 Å². The molecular weight excluding hydrogens is 258 g/mol. The minimum atomic E-state index is -0.175. The molecule has 1 aromatic rings. The Balaban J connectivity index is 2.23. The van der Waals surface area contributed by atoms with Gasteiger partial charge < -0.3 is 10.5 Å². The van der Waals surface area contributed by atoms with E-state index in [9.17, 15) is 0 Å². The quantitative estimate of drug-likeness (QED) is 0.845. The Kier molecular flexibility index (Phi) is 5.45. The first-order valence-corrected chi connectivity index (χ1v) is 8.48. The summed E-state index contributed by atoms with van der Waals surface area (Å²) in [7, 11) is 0. The Hall–Kier alpha value is -0.860. The van der Waals surface area contributed by atoms with Gasteiger partial charge in [0.05, 0.1) is 11.6 Å². The fraction of sp³-hybridized carbons (Fsp3) is 0.684. The SMILES string of the molecule is CCOC1(C(N)c2ccc(C(C)C)cc2)CCCC(C)C1. The standard InChI is InChI=1S/C19H31NO/c1-5-21-19(12-6-7-15(4)13-19)18(20)17-10-8-16(9-11-17)14(2)3/h8-11,14-15,18H,5-7,12-13,20H2,1-4H3. The molecule has 1 fully saturated rings. The van der Waals surface area contributed by atoms with E-state index in [1.165, 1.54) is 24.0 Å². The monoisotopic (exact) mass is 289 g/mol. The van der Waals surface area contributed by atoms with Gasteiger partial charge in [0.15, 0.2) is 0 Å². The average Bonchev–Trinajstić information content (AvgIpc) is 2.47. The molecule has 0 heterocycles. The third-order valence-electron chi connectivity index (χ3n) is 4.95. The molecule has 2 heteroatoms. The van der Waals surface area contributed by atoms with Crippen molar-refractivity contribution >= 4 is 0 Å². The van der Waals surface area contributed by atoms with Crippen molar-refractivity contribution in [1.82, 2.24) is 0 Å². The highest BCUT2D eigenvalue weighted by Crippen LogP contribution is 2.42. The maximum Gasteiger partial charge on any atom is 0.0876 e. The molecule has 2 N–H and O–H groups in total. The Labute approximate surface area is 130 Å². The predicted octanol–water partition coefficient (Wildman–Crippen LogP) is 4.80. The molecule has 0 spiro atoms. The van der Waals surface area contributed by atoms with Gasteiger partial charge in [0, 0.05) is 6.61 Å². The molecule has 0 aliphatic heterocycles. The molecule has 0 amide bonds. The Morgan fingerprint density at radius 3 is 2.38 bits per heavy atom. The van der Waals surface area contributed by atoms with E-state index >= 15 is 0 Å². The largest absolute Gasteiger partial charge is 0.373 e. The van der Waals surface area contributed by atoms with Gasteiger partial charge in [0.25, 0.3) is 0 Å². The minimum absolute atomic E-state index is 0.0265. The van der Waals surface area contributed by atoms with Gasteiger partial charge in [-0.3, -0.25) is 0 Å². The molecule has 0 bridgehead atoms. The van der Waals surface area contributed by atoms with Crippen molar-refractivity contribution in [1.29, 1.82) is 0 Å². The lowest BCUT2D eigenvalue weighted by atomic mass is 9.73. The fourth-order valence-corrected chi connectivity index (χ4v) is 3.73. The molecule has 1 saturated carbocycles. The van der Waals surface area contributed by atoms with E-state index in [1.807, 2.05) is 0 Å². The summed E-state index contributed by atoms with van der Waals surface area (Å²) in [5.74, 6) is 1.26. The van der Waals surface area contributed by atoms with Crippen LogP contribution < -0.4 is 5.73 Å². The highest BCUT2D eigenvalue weighted by molar-refractivity contribution is 5.28. The van der Waals surface area contributed by atoms with E-state index in [-0.39, 0.29) is 11.6 Å². The van der Waals surface area contributed by atoms with Gasteiger partial charge in [-0.25, -0.2) is 0 Å². The summed E-state index contributed by atoms with van der Waals surface area (Å²) in [4.78, 5) is 0. The molecule has 1 aromatic carbocycles. The molecule has 3 atom stereocenters. The van der Waals surface area contributed by atoms with Crippen molar-refractivity contribution in [2.75, 3.05) is 6.61 Å². The Morgan fingerprint density at radius 2 is 1.86 bits per heavy atom. The van der Waals surface area contributed by atoms with Crippen LogP contribution in [0.3, 0.4) is 0 Å². The van der Waals surface area contributed by atoms with Crippen LogP contribution in [0.4, 0.5) is 0 Å². The van der Waals surface area contributed by atoms with Gasteiger partial charge in [-0.1, -0.05) is 57.9 Å². The lowest BCUT2D eigenvalue weighted by molar-refractivity contribution is -0.0938. The van der Waals surface area contributed by atoms with Crippen LogP contribution in [0.2, 0.25) is 0 Å². The van der Waals surface area contributed by atoms with Gasteiger partial charge in [0.2, 0.25) is 0 Å². The average molecular weight is 289 g/mol. The first-order chi connectivity index (χ1) is 9.98. The first-order valence-electron chi connectivity index (χ1n) is 8.48. The van der Waals surface area contributed by atoms with Crippen LogP contribution in [-0.4, -0.2) is 12.2 Å². The van der Waals surface area contributed by atoms with Crippen LogP contribution in [0, 0.1) is 5.92 Å². The van der Waals surface area contributed by atoms with Crippen LogP contribution in [-0.2, 0) is 4.74 Å². The van der Waals surface area contributed by atoms with Gasteiger partial charge in [-0.15, -0.1) is 0 Å². The second-order valence-corrected chi connectivity index (χ2v) is 7.00. The van der Waals surface area contributed by atoms with Crippen LogP contribution in [0.15, 0.2) is 24.3 Å². The van der Waals surface area contributed by atoms with Crippen molar-refractivity contribution in [3.8, 4) is 0 Å². The molecule has 2 nitrogen and oxygen atoms in total. The van der Waals surface area contributed by atoms with Gasteiger partial charge in [-0.2, -0.15) is 0 Å². The first kappa shape index (κ1) is 16.5. The highest BCUT2D eigenvalue weighted by Gasteiger charge is 2.41. The summed E-state index contributed by atoms with van der Waals surface area (Å²) in [6.45, 7) is 9.58. The van der Waals surface area contributed by atoms with Gasteiger partial charge >= 0.3 is 0 Å². The summed E-state index contributed by atoms with van der Waals surface area (Å²) in [5.41, 5.74) is 9.06. The number of rotatable bonds is 5. The van der Waals surface area contributed by atoms with Crippen molar-refractivity contribution in [3.05, 3.63) is 35.4 Å². The predicted molar refractivity (Wildman–Crippen MR) is 89.4 cm³/mol. The van der Waals surface area contributed by atoms with Gasteiger partial charge in [-0.05, 0) is 42.7 Å². The molecule has 1 aliphatic carbocycles. The fourth-order valence-electron chi connectivity index (χ4n) is 3.73. The van der Waals surface area contributed by atoms with Crippen LogP contribution in [0.1, 0.15) is 76.5 Å². The molecule has 1 aliphatic rings. The van der Waals surface area contributed by atoms with Crippen LogP contribution in [0.5, 0.6) is 0 Å². The molecule has 0 radical (unpaired) electrons. The Bertz CT molecular complexity index is 435. The van der Waals surface area contributed by atoms with E-state index in [1.54, 1.807) is 0 Å². The molecule has 3 unspecified atom stereocenters. The summed E-state index contributed by atoms with van der Waals surface area (Å²) in [6, 6.07) is 8.79. The molecule has 0 aromatic heterocycles. The molecule has 0 saturated heterocycles. The lowest BCUT2D eigenvalue weighted by Crippen LogP contribution is -2.47. The van der Waals surface area contributed by atoms with Crippen LogP contribution in [0.25, 0.3) is 0 Å². The van der Waals surface area contributed by atoms with Gasteiger partial charge in [0.1, 0.15) is 0 Å². The summed E-state index contributed by atoms with van der Waals surface area (Å²) >= 11 is 0. The summed E-state index contributed by atoms with van der Waals surface area (Å²) in [5, 5.41) is 0. The topological polar surface area (TPSA) is 35.2 Å². The number of hydrogen-bond acceptors (Lipinski definition) is 2. The van der Waals surface area contributed by atoms with E-state index in [0.29, 0.717) is 11.8 Å². The number of nitrogens with two attached hydrogens (primary N) is 1. The number of hydrogen-bond donors (Lipinski definition) is 1. The number of ether oxygens (including phenoxy) is 1. The van der Waals surface area contributed by atoms with Crippen LogP contribution >= 0.6 is 0 Å². The normalized spacial score (nSPS) is 27.8. The van der Waals surface area contributed by atoms with Crippen molar-refractivity contribution in [3.63, 3.8) is 0 Å². The minimum Gasteiger partial charge on any atom is -0.373 e. The molecule has 118 valence electrons. The van der Waals surface area contributed by atoms with E-state index < -0.39 is 0 Å².